The lowest BCUT2D eigenvalue weighted by Crippen LogP contribution is -2.18. The summed E-state index contributed by atoms with van der Waals surface area (Å²) in [5.74, 6) is 0.227. The van der Waals surface area contributed by atoms with Crippen LogP contribution in [0.5, 0.6) is 0 Å². The van der Waals surface area contributed by atoms with Crippen molar-refractivity contribution in [1.29, 1.82) is 0 Å². The quantitative estimate of drug-likeness (QED) is 0.608. The average Bonchev–Trinajstić information content (AvgIpc) is 2.66. The molecule has 0 spiro atoms. The monoisotopic (exact) mass is 128 g/mol. The topological polar surface area (TPSA) is 37.3 Å². The van der Waals surface area contributed by atoms with E-state index in [1.54, 1.807) is 0 Å². The summed E-state index contributed by atoms with van der Waals surface area (Å²) in [7, 11) is 0. The third kappa shape index (κ3) is 0.990. The van der Waals surface area contributed by atoms with Crippen LogP contribution in [-0.4, -0.2) is 17.5 Å². The molecule has 0 heterocycles. The van der Waals surface area contributed by atoms with E-state index in [0.717, 1.165) is 12.8 Å². The second kappa shape index (κ2) is 2.10. The van der Waals surface area contributed by atoms with Crippen LogP contribution in [0.3, 0.4) is 0 Å². The van der Waals surface area contributed by atoms with Crippen molar-refractivity contribution in [2.45, 2.75) is 26.2 Å². The molecule has 0 bridgehead atoms. The van der Waals surface area contributed by atoms with Crippen LogP contribution < -0.4 is 0 Å². The minimum absolute atomic E-state index is 0.0552. The van der Waals surface area contributed by atoms with Crippen LogP contribution in [0.15, 0.2) is 0 Å². The van der Waals surface area contributed by atoms with Crippen molar-refractivity contribution >= 4 is 5.78 Å². The Labute approximate surface area is 54.9 Å². The number of aliphatic hydroxyl groups is 1. The van der Waals surface area contributed by atoms with E-state index in [2.05, 4.69) is 0 Å². The van der Waals surface area contributed by atoms with Gasteiger partial charge in [0.1, 0.15) is 5.78 Å². The van der Waals surface area contributed by atoms with Gasteiger partial charge in [0, 0.05) is 6.42 Å². The summed E-state index contributed by atoms with van der Waals surface area (Å²) in [6.45, 7) is 1.90. The number of Topliss-reactive ketones (excluding diaryl/α,β-unsaturated/α-hetero) is 1. The Bertz CT molecular complexity index is 125. The molecule has 0 amide bonds. The summed E-state index contributed by atoms with van der Waals surface area (Å²) in [4.78, 5) is 11.0. The SMILES string of the molecule is CCC(=O)C1(CO)CC1. The number of aliphatic hydroxyl groups excluding tert-OH is 1. The molecule has 0 aromatic rings. The Morgan fingerprint density at radius 3 is 2.33 bits per heavy atom. The van der Waals surface area contributed by atoms with E-state index in [1.807, 2.05) is 6.92 Å². The molecule has 0 aromatic heterocycles. The van der Waals surface area contributed by atoms with Gasteiger partial charge in [-0.2, -0.15) is 0 Å². The Hall–Kier alpha value is -0.370. The highest BCUT2D eigenvalue weighted by Crippen LogP contribution is 2.46. The Morgan fingerprint density at radius 2 is 2.22 bits per heavy atom. The van der Waals surface area contributed by atoms with Gasteiger partial charge >= 0.3 is 0 Å². The molecular weight excluding hydrogens is 116 g/mol. The first kappa shape index (κ1) is 6.75. The molecule has 2 nitrogen and oxygen atoms in total. The summed E-state index contributed by atoms with van der Waals surface area (Å²) in [6.07, 6.45) is 2.37. The van der Waals surface area contributed by atoms with Crippen LogP contribution in [0.2, 0.25) is 0 Å². The maximum atomic E-state index is 11.0. The number of hydrogen-bond acceptors (Lipinski definition) is 2. The van der Waals surface area contributed by atoms with Gasteiger partial charge in [0.15, 0.2) is 0 Å². The van der Waals surface area contributed by atoms with Gasteiger partial charge in [0.05, 0.1) is 12.0 Å². The van der Waals surface area contributed by atoms with Crippen molar-refractivity contribution in [3.8, 4) is 0 Å². The lowest BCUT2D eigenvalue weighted by Gasteiger charge is -2.06. The summed E-state index contributed by atoms with van der Waals surface area (Å²) < 4.78 is 0. The molecule has 0 radical (unpaired) electrons. The smallest absolute Gasteiger partial charge is 0.141 e. The predicted molar refractivity (Wildman–Crippen MR) is 34.1 cm³/mol. The molecule has 1 saturated carbocycles. The number of hydrogen-bond donors (Lipinski definition) is 1. The molecule has 52 valence electrons. The first-order chi connectivity index (χ1) is 4.25. The lowest BCUT2D eigenvalue weighted by atomic mass is 10.0. The zero-order valence-electron chi connectivity index (χ0n) is 5.68. The van der Waals surface area contributed by atoms with E-state index in [-0.39, 0.29) is 17.8 Å². The van der Waals surface area contributed by atoms with E-state index in [0.29, 0.717) is 6.42 Å². The summed E-state index contributed by atoms with van der Waals surface area (Å²) >= 11 is 0. The molecule has 1 aliphatic rings. The van der Waals surface area contributed by atoms with E-state index >= 15 is 0 Å². The zero-order chi connectivity index (χ0) is 6.91. The van der Waals surface area contributed by atoms with Crippen LogP contribution in [0.4, 0.5) is 0 Å². The van der Waals surface area contributed by atoms with Crippen molar-refractivity contribution < 1.29 is 9.90 Å². The van der Waals surface area contributed by atoms with Crippen LogP contribution in [-0.2, 0) is 4.79 Å². The van der Waals surface area contributed by atoms with E-state index in [4.69, 9.17) is 5.11 Å². The third-order valence-electron chi connectivity index (χ3n) is 2.07. The van der Waals surface area contributed by atoms with Crippen molar-refractivity contribution in [1.82, 2.24) is 0 Å². The van der Waals surface area contributed by atoms with Crippen molar-refractivity contribution in [3.05, 3.63) is 0 Å². The number of rotatable bonds is 3. The minimum Gasteiger partial charge on any atom is -0.395 e. The van der Waals surface area contributed by atoms with Gasteiger partial charge in [-0.1, -0.05) is 6.92 Å². The largest absolute Gasteiger partial charge is 0.395 e. The molecule has 2 heteroatoms. The summed E-state index contributed by atoms with van der Waals surface area (Å²) in [6, 6.07) is 0. The first-order valence-electron chi connectivity index (χ1n) is 3.39. The molecule has 0 unspecified atom stereocenters. The second-order valence-corrected chi connectivity index (χ2v) is 2.72. The molecule has 0 atom stereocenters. The van der Waals surface area contributed by atoms with Gasteiger partial charge in [-0.3, -0.25) is 4.79 Å². The van der Waals surface area contributed by atoms with Crippen LogP contribution in [0, 0.1) is 5.41 Å². The average molecular weight is 128 g/mol. The summed E-state index contributed by atoms with van der Waals surface area (Å²) in [5.41, 5.74) is -0.283. The zero-order valence-corrected chi connectivity index (χ0v) is 5.68. The first-order valence-corrected chi connectivity index (χ1v) is 3.39. The third-order valence-corrected chi connectivity index (χ3v) is 2.07. The minimum atomic E-state index is -0.283. The molecule has 0 aliphatic heterocycles. The molecule has 1 fully saturated rings. The Morgan fingerprint density at radius 1 is 1.67 bits per heavy atom. The highest BCUT2D eigenvalue weighted by atomic mass is 16.3. The number of carbonyl (C=O) groups is 1. The molecule has 1 rings (SSSR count). The van der Waals surface area contributed by atoms with Gasteiger partial charge < -0.3 is 5.11 Å². The molecule has 1 aliphatic carbocycles. The molecule has 9 heavy (non-hydrogen) atoms. The van der Waals surface area contributed by atoms with Crippen molar-refractivity contribution in [2.24, 2.45) is 5.41 Å². The standard InChI is InChI=1S/C7H12O2/c1-2-6(9)7(5-8)3-4-7/h8H,2-5H2,1H3. The fourth-order valence-electron chi connectivity index (χ4n) is 1.05. The Balaban J connectivity index is 2.49. The van der Waals surface area contributed by atoms with E-state index < -0.39 is 0 Å². The second-order valence-electron chi connectivity index (χ2n) is 2.72. The van der Waals surface area contributed by atoms with E-state index in [9.17, 15) is 4.79 Å². The maximum absolute atomic E-state index is 11.0. The van der Waals surface area contributed by atoms with Crippen molar-refractivity contribution in [2.75, 3.05) is 6.61 Å². The van der Waals surface area contributed by atoms with Gasteiger partial charge in [0.25, 0.3) is 0 Å². The van der Waals surface area contributed by atoms with Gasteiger partial charge in [0.2, 0.25) is 0 Å². The van der Waals surface area contributed by atoms with Crippen LogP contribution >= 0.6 is 0 Å². The Kier molecular flexibility index (Phi) is 1.58. The van der Waals surface area contributed by atoms with E-state index in [1.165, 1.54) is 0 Å². The molecule has 0 aromatic carbocycles. The fraction of sp³-hybridized carbons (Fsp3) is 0.857. The maximum Gasteiger partial charge on any atom is 0.141 e. The van der Waals surface area contributed by atoms with Crippen LogP contribution in [0.25, 0.3) is 0 Å². The van der Waals surface area contributed by atoms with Gasteiger partial charge in [-0.15, -0.1) is 0 Å². The summed E-state index contributed by atoms with van der Waals surface area (Å²) in [5, 5.41) is 8.74. The molecule has 0 saturated heterocycles. The van der Waals surface area contributed by atoms with Crippen molar-refractivity contribution in [3.63, 3.8) is 0 Å². The highest BCUT2D eigenvalue weighted by Gasteiger charge is 2.47. The highest BCUT2D eigenvalue weighted by molar-refractivity contribution is 5.87. The van der Waals surface area contributed by atoms with Gasteiger partial charge in [-0.05, 0) is 12.8 Å². The lowest BCUT2D eigenvalue weighted by molar-refractivity contribution is -0.125. The number of ketones is 1. The fourth-order valence-corrected chi connectivity index (χ4v) is 1.05. The normalized spacial score (nSPS) is 21.6. The van der Waals surface area contributed by atoms with Crippen LogP contribution in [0.1, 0.15) is 26.2 Å². The molecule has 1 N–H and O–H groups in total. The van der Waals surface area contributed by atoms with Gasteiger partial charge in [-0.25, -0.2) is 0 Å². The molecular formula is C7H12O2. The number of carbonyl (C=O) groups excluding carboxylic acids is 1. The predicted octanol–water partition coefficient (Wildman–Crippen LogP) is 0.738.